The van der Waals surface area contributed by atoms with Crippen LogP contribution in [0.3, 0.4) is 0 Å². The summed E-state index contributed by atoms with van der Waals surface area (Å²) in [6.07, 6.45) is 5.30. The molecule has 4 nitrogen and oxygen atoms in total. The van der Waals surface area contributed by atoms with Crippen LogP contribution in [0.15, 0.2) is 23.6 Å². The van der Waals surface area contributed by atoms with Crippen LogP contribution < -0.4 is 11.3 Å². The summed E-state index contributed by atoms with van der Waals surface area (Å²) in [5.74, 6) is 5.69. The zero-order chi connectivity index (χ0) is 14.4. The van der Waals surface area contributed by atoms with E-state index in [2.05, 4.69) is 41.0 Å². The normalized spacial score (nSPS) is 12.8. The number of aromatic nitrogens is 2. The van der Waals surface area contributed by atoms with E-state index in [9.17, 15) is 0 Å². The van der Waals surface area contributed by atoms with Crippen molar-refractivity contribution in [1.82, 2.24) is 15.2 Å². The van der Waals surface area contributed by atoms with Crippen molar-refractivity contribution in [3.8, 4) is 0 Å². The number of hydrogen-bond donors (Lipinski definition) is 2. The van der Waals surface area contributed by atoms with Crippen LogP contribution >= 0.6 is 11.3 Å². The van der Waals surface area contributed by atoms with Crippen LogP contribution in [0.4, 0.5) is 0 Å². The zero-order valence-corrected chi connectivity index (χ0v) is 13.1. The number of aryl methyl sites for hydroxylation is 3. The van der Waals surface area contributed by atoms with Crippen molar-refractivity contribution in [1.29, 1.82) is 0 Å². The quantitative estimate of drug-likeness (QED) is 0.580. The summed E-state index contributed by atoms with van der Waals surface area (Å²) in [6, 6.07) is 6.81. The maximum atomic E-state index is 5.69. The maximum Gasteiger partial charge on any atom is 0.0624 e. The number of nitrogens with zero attached hydrogens (tertiary/aromatic N) is 2. The van der Waals surface area contributed by atoms with Crippen LogP contribution in [0.1, 0.15) is 36.0 Å². The Morgan fingerprint density at radius 3 is 2.95 bits per heavy atom. The molecule has 0 radical (unpaired) electrons. The van der Waals surface area contributed by atoms with E-state index in [1.54, 1.807) is 0 Å². The number of rotatable bonds is 8. The molecule has 0 amide bonds. The van der Waals surface area contributed by atoms with Crippen LogP contribution in [0, 0.1) is 0 Å². The largest absolute Gasteiger partial charge is 0.272 e. The number of thiophene rings is 1. The first kappa shape index (κ1) is 15.2. The van der Waals surface area contributed by atoms with Gasteiger partial charge < -0.3 is 0 Å². The Balaban J connectivity index is 1.83. The third-order valence-electron chi connectivity index (χ3n) is 3.64. The molecule has 0 saturated carbocycles. The summed E-state index contributed by atoms with van der Waals surface area (Å²) in [6.45, 7) is 2.13. The summed E-state index contributed by atoms with van der Waals surface area (Å²) in [4.78, 5) is 1.45. The summed E-state index contributed by atoms with van der Waals surface area (Å²) in [5, 5.41) is 6.62. The van der Waals surface area contributed by atoms with Gasteiger partial charge in [-0.3, -0.25) is 16.0 Å². The fraction of sp³-hybridized carbons (Fsp3) is 0.533. The lowest BCUT2D eigenvalue weighted by Gasteiger charge is -2.15. The lowest BCUT2D eigenvalue weighted by Crippen LogP contribution is -2.37. The van der Waals surface area contributed by atoms with Gasteiger partial charge in [0.05, 0.1) is 5.69 Å². The van der Waals surface area contributed by atoms with Gasteiger partial charge in [-0.05, 0) is 43.2 Å². The molecule has 2 heterocycles. The first-order valence-electron chi connectivity index (χ1n) is 7.23. The third-order valence-corrected chi connectivity index (χ3v) is 4.57. The van der Waals surface area contributed by atoms with Crippen LogP contribution in [0.5, 0.6) is 0 Å². The molecule has 1 atom stereocenters. The molecule has 0 aliphatic rings. The number of hydrogen-bond acceptors (Lipinski definition) is 4. The predicted molar refractivity (Wildman–Crippen MR) is 84.7 cm³/mol. The number of nitrogens with two attached hydrogens (primary N) is 1. The minimum atomic E-state index is 0.315. The fourth-order valence-corrected chi connectivity index (χ4v) is 3.16. The van der Waals surface area contributed by atoms with Crippen molar-refractivity contribution < 1.29 is 0 Å². The second-order valence-corrected chi connectivity index (χ2v) is 6.18. The molecule has 0 aliphatic heterocycles. The smallest absolute Gasteiger partial charge is 0.0624 e. The van der Waals surface area contributed by atoms with Gasteiger partial charge in [-0.2, -0.15) is 5.10 Å². The second kappa shape index (κ2) is 7.57. The van der Waals surface area contributed by atoms with Crippen LogP contribution in [0.25, 0.3) is 0 Å². The molecule has 2 aromatic heterocycles. The molecule has 0 bridgehead atoms. The lowest BCUT2D eigenvalue weighted by atomic mass is 10.0. The molecule has 2 aromatic rings. The Morgan fingerprint density at radius 2 is 2.35 bits per heavy atom. The molecule has 0 fully saturated rings. The van der Waals surface area contributed by atoms with Crippen molar-refractivity contribution in [2.75, 3.05) is 0 Å². The summed E-state index contributed by atoms with van der Waals surface area (Å²) in [5.41, 5.74) is 5.35. The Bertz CT molecular complexity index is 504. The van der Waals surface area contributed by atoms with Gasteiger partial charge in [-0.25, -0.2) is 0 Å². The third kappa shape index (κ3) is 4.16. The Labute approximate surface area is 125 Å². The lowest BCUT2D eigenvalue weighted by molar-refractivity contribution is 0.465. The molecule has 2 rings (SSSR count). The highest BCUT2D eigenvalue weighted by atomic mass is 32.1. The van der Waals surface area contributed by atoms with Crippen molar-refractivity contribution in [3.05, 3.63) is 39.8 Å². The molecule has 3 N–H and O–H groups in total. The van der Waals surface area contributed by atoms with Gasteiger partial charge in [0.15, 0.2) is 0 Å². The van der Waals surface area contributed by atoms with E-state index in [1.807, 2.05) is 23.1 Å². The van der Waals surface area contributed by atoms with Gasteiger partial charge in [-0.1, -0.05) is 13.0 Å². The standard InChI is InChI=1S/C15H24N4S/c1-3-12-10-14(19(2)18-12)11-13(17-16)6-4-7-15-8-5-9-20-15/h5,8-10,13,17H,3-4,6-7,11,16H2,1-2H3. The van der Waals surface area contributed by atoms with Gasteiger partial charge in [0.2, 0.25) is 0 Å². The molecule has 110 valence electrons. The van der Waals surface area contributed by atoms with Gasteiger partial charge in [-0.15, -0.1) is 11.3 Å². The minimum Gasteiger partial charge on any atom is -0.272 e. The molecule has 0 aliphatic carbocycles. The van der Waals surface area contributed by atoms with Gasteiger partial charge >= 0.3 is 0 Å². The van der Waals surface area contributed by atoms with E-state index in [0.29, 0.717) is 6.04 Å². The van der Waals surface area contributed by atoms with Gasteiger partial charge in [0, 0.05) is 30.1 Å². The van der Waals surface area contributed by atoms with Crippen LogP contribution in [-0.4, -0.2) is 15.8 Å². The molecule has 0 aromatic carbocycles. The molecule has 0 saturated heterocycles. The van der Waals surface area contributed by atoms with Crippen LogP contribution in [0.2, 0.25) is 0 Å². The zero-order valence-electron chi connectivity index (χ0n) is 12.3. The Kier molecular flexibility index (Phi) is 5.76. The first-order valence-corrected chi connectivity index (χ1v) is 8.11. The number of hydrazine groups is 1. The molecule has 0 spiro atoms. The topological polar surface area (TPSA) is 55.9 Å². The molecular weight excluding hydrogens is 268 g/mol. The highest BCUT2D eigenvalue weighted by molar-refractivity contribution is 7.09. The molecule has 1 unspecified atom stereocenters. The second-order valence-electron chi connectivity index (χ2n) is 5.14. The van der Waals surface area contributed by atoms with E-state index >= 15 is 0 Å². The minimum absolute atomic E-state index is 0.315. The summed E-state index contributed by atoms with van der Waals surface area (Å²) >= 11 is 1.83. The van der Waals surface area contributed by atoms with Crippen molar-refractivity contribution >= 4 is 11.3 Å². The summed E-state index contributed by atoms with van der Waals surface area (Å²) < 4.78 is 1.97. The first-order chi connectivity index (χ1) is 9.72. The number of nitrogens with one attached hydrogen (secondary N) is 1. The van der Waals surface area contributed by atoms with E-state index in [-0.39, 0.29) is 0 Å². The van der Waals surface area contributed by atoms with Gasteiger partial charge in [0.1, 0.15) is 0 Å². The highest BCUT2D eigenvalue weighted by Gasteiger charge is 2.12. The van der Waals surface area contributed by atoms with Crippen molar-refractivity contribution in [2.24, 2.45) is 12.9 Å². The molecular formula is C15H24N4S. The Hall–Kier alpha value is -1.17. The van der Waals surface area contributed by atoms with E-state index in [0.717, 1.165) is 37.8 Å². The monoisotopic (exact) mass is 292 g/mol. The van der Waals surface area contributed by atoms with E-state index in [4.69, 9.17) is 5.84 Å². The molecule has 5 heteroatoms. The fourth-order valence-electron chi connectivity index (χ4n) is 2.41. The average Bonchev–Trinajstić information content (AvgIpc) is 3.08. The van der Waals surface area contributed by atoms with E-state index in [1.165, 1.54) is 10.6 Å². The van der Waals surface area contributed by atoms with Crippen molar-refractivity contribution in [3.63, 3.8) is 0 Å². The highest BCUT2D eigenvalue weighted by Crippen LogP contribution is 2.14. The van der Waals surface area contributed by atoms with E-state index < -0.39 is 0 Å². The van der Waals surface area contributed by atoms with Gasteiger partial charge in [0.25, 0.3) is 0 Å². The summed E-state index contributed by atoms with van der Waals surface area (Å²) in [7, 11) is 2.01. The Morgan fingerprint density at radius 1 is 1.50 bits per heavy atom. The van der Waals surface area contributed by atoms with Crippen molar-refractivity contribution in [2.45, 2.75) is 45.1 Å². The van der Waals surface area contributed by atoms with Crippen LogP contribution in [-0.2, 0) is 26.3 Å². The SMILES string of the molecule is CCc1cc(CC(CCCc2cccs2)NN)n(C)n1. The average molecular weight is 292 g/mol. The maximum absolute atomic E-state index is 5.69. The molecule has 20 heavy (non-hydrogen) atoms. The predicted octanol–water partition coefficient (Wildman–Crippen LogP) is 2.44.